The van der Waals surface area contributed by atoms with Crippen molar-refractivity contribution in [2.24, 2.45) is 5.41 Å². The number of likely N-dealkylation sites (N-methyl/N-ethyl adjacent to an activating group) is 3. The number of phenolic OH excluding ortho intramolecular Hbond substituents is 1. The molecule has 1 aliphatic rings. The zero-order valence-corrected chi connectivity index (χ0v) is 48.3. The van der Waals surface area contributed by atoms with Gasteiger partial charge in [-0.15, -0.1) is 0 Å². The molecule has 83 heavy (non-hydrogen) atoms. The third-order valence-electron chi connectivity index (χ3n) is 14.1. The van der Waals surface area contributed by atoms with E-state index in [0.29, 0.717) is 42.0 Å². The molecule has 0 saturated carbocycles. The van der Waals surface area contributed by atoms with Gasteiger partial charge in [-0.1, -0.05) is 55.1 Å². The Morgan fingerprint density at radius 2 is 1.51 bits per heavy atom. The molecule has 0 unspecified atom stereocenters. The van der Waals surface area contributed by atoms with Gasteiger partial charge >= 0.3 is 11.9 Å². The number of likely N-dealkylation sites (tertiary alicyclic amines) is 1. The van der Waals surface area contributed by atoms with Gasteiger partial charge in [-0.2, -0.15) is 0 Å². The molecule has 22 heteroatoms. The van der Waals surface area contributed by atoms with Gasteiger partial charge in [0.05, 0.1) is 32.7 Å². The van der Waals surface area contributed by atoms with Crippen molar-refractivity contribution >= 4 is 53.2 Å². The molecule has 0 spiro atoms. The van der Waals surface area contributed by atoms with Gasteiger partial charge < -0.3 is 59.0 Å². The summed E-state index contributed by atoms with van der Waals surface area (Å²) in [6, 6.07) is 19.7. The number of nitrogens with one attached hydrogen (secondary N) is 2. The molecule has 0 bridgehead atoms. The molecule has 446 valence electrons. The Hall–Kier alpha value is -8.82. The van der Waals surface area contributed by atoms with Crippen molar-refractivity contribution in [3.8, 4) is 23.0 Å². The molecule has 0 aromatic heterocycles. The van der Waals surface area contributed by atoms with Crippen LogP contribution in [0.1, 0.15) is 74.8 Å². The van der Waals surface area contributed by atoms with E-state index in [1.807, 2.05) is 0 Å². The minimum atomic E-state index is -1.46. The highest BCUT2D eigenvalue weighted by Crippen LogP contribution is 2.33. The Bertz CT molecular complexity index is 2960. The van der Waals surface area contributed by atoms with E-state index in [1.54, 1.807) is 74.6 Å². The predicted molar refractivity (Wildman–Crippen MR) is 302 cm³/mol. The molecule has 1 fully saturated rings. The third kappa shape index (κ3) is 18.9. The molecule has 3 N–H and O–H groups in total. The summed E-state index contributed by atoms with van der Waals surface area (Å²) in [5.74, 6) is -6.76. The zero-order valence-electron chi connectivity index (χ0n) is 48.3. The SMILES string of the molecule is C=CC(=O)OCC(C)(C)C(=O)C(=O)N1CCCC[C@H]1C(=O)O[C@H](CCc1ccc(OC)c(OC)c1)c1cc(F)cc(OCC(=O)N(C)[C@@H](Cc2ccc(O)cc2)C(=O)N[C@H](Cc2ccccc2)C(=O)N(C)CC(=O)NCC(=O)N(C)CC)c1. The van der Waals surface area contributed by atoms with Crippen LogP contribution in [0.15, 0.2) is 104 Å². The summed E-state index contributed by atoms with van der Waals surface area (Å²) in [5, 5.41) is 15.4. The average Bonchev–Trinajstić information content (AvgIpc) is 3.67. The number of amides is 6. The van der Waals surface area contributed by atoms with Gasteiger partial charge in [0.15, 0.2) is 18.1 Å². The fourth-order valence-electron chi connectivity index (χ4n) is 9.02. The van der Waals surface area contributed by atoms with E-state index in [1.165, 1.54) is 65.3 Å². The van der Waals surface area contributed by atoms with Gasteiger partial charge in [-0.05, 0) is 112 Å². The van der Waals surface area contributed by atoms with E-state index in [9.17, 15) is 48.3 Å². The maximum Gasteiger partial charge on any atom is 0.330 e. The first kappa shape index (κ1) is 65.0. The van der Waals surface area contributed by atoms with Crippen molar-refractivity contribution in [3.63, 3.8) is 0 Å². The van der Waals surface area contributed by atoms with Crippen LogP contribution in [0.4, 0.5) is 4.39 Å². The molecule has 4 aromatic rings. The van der Waals surface area contributed by atoms with Gasteiger partial charge in [0.25, 0.3) is 11.8 Å². The zero-order chi connectivity index (χ0) is 61.0. The van der Waals surface area contributed by atoms with Crippen LogP contribution in [0.25, 0.3) is 0 Å². The summed E-state index contributed by atoms with van der Waals surface area (Å²) in [6.07, 6.45) is 1.03. The second-order valence-electron chi connectivity index (χ2n) is 20.7. The topological polar surface area (TPSA) is 257 Å². The Kier molecular flexibility index (Phi) is 24.2. The van der Waals surface area contributed by atoms with Gasteiger partial charge in [-0.3, -0.25) is 33.6 Å². The van der Waals surface area contributed by atoms with E-state index in [2.05, 4.69) is 17.2 Å². The molecule has 1 heterocycles. The molecular formula is C61H75FN6O15. The van der Waals surface area contributed by atoms with Crippen LogP contribution in [0.5, 0.6) is 23.0 Å². The van der Waals surface area contributed by atoms with Crippen molar-refractivity contribution in [2.75, 3.05) is 74.8 Å². The number of rotatable bonds is 29. The normalized spacial score (nSPS) is 14.1. The van der Waals surface area contributed by atoms with Crippen LogP contribution in [-0.2, 0) is 71.9 Å². The number of halogens is 1. The number of phenols is 1. The van der Waals surface area contributed by atoms with Crippen LogP contribution in [0.3, 0.4) is 0 Å². The number of hydrogen-bond donors (Lipinski definition) is 3. The minimum Gasteiger partial charge on any atom is -0.508 e. The predicted octanol–water partition coefficient (Wildman–Crippen LogP) is 4.70. The standard InChI is InChI=1S/C61H75FN6O15/c1-10-55(73)82-38-61(3,4)56(74)59(77)68-28-16-15-19-47(68)60(78)83-49(26-22-41-23-27-50(79-8)51(31-41)80-9)42-32-43(62)34-45(33-42)81-37-54(72)67(7)48(30-40-20-24-44(69)25-21-40)57(75)64-46(29-39-17-13-12-14-18-39)58(76)66(6)36-52(70)63-35-53(71)65(5)11-2/h10,12-14,17-18,20-21,23-25,27,31-34,46-49,69H,1,11,15-16,19,22,26,28-30,35-38H2,2-9H3,(H,63,70)(H,64,75)/t46-,47+,48+,49-/m1/s1. The van der Waals surface area contributed by atoms with E-state index in [-0.39, 0.29) is 68.2 Å². The molecule has 5 rings (SSSR count). The Labute approximate surface area is 483 Å². The number of aromatic hydroxyl groups is 1. The number of carbonyl (C=O) groups excluding carboxylic acids is 9. The molecule has 0 aliphatic carbocycles. The van der Waals surface area contributed by atoms with Gasteiger partial charge in [0.2, 0.25) is 29.4 Å². The molecule has 1 aliphatic heterocycles. The average molecular weight is 1150 g/mol. The first-order chi connectivity index (χ1) is 39.5. The maximum absolute atomic E-state index is 15.9. The number of carbonyl (C=O) groups is 9. The summed E-state index contributed by atoms with van der Waals surface area (Å²) in [7, 11) is 7.28. The quantitative estimate of drug-likeness (QED) is 0.0378. The maximum atomic E-state index is 15.9. The number of hydrogen-bond acceptors (Lipinski definition) is 15. The molecule has 0 radical (unpaired) electrons. The lowest BCUT2D eigenvalue weighted by molar-refractivity contribution is -0.165. The smallest absolute Gasteiger partial charge is 0.330 e. The Morgan fingerprint density at radius 3 is 2.17 bits per heavy atom. The number of ether oxygens (including phenoxy) is 5. The molecular weight excluding hydrogens is 1080 g/mol. The summed E-state index contributed by atoms with van der Waals surface area (Å²) in [6.45, 7) is 6.59. The van der Waals surface area contributed by atoms with Crippen molar-refractivity contribution in [1.29, 1.82) is 0 Å². The highest BCUT2D eigenvalue weighted by molar-refractivity contribution is 6.38. The number of nitrogens with zero attached hydrogens (tertiary/aromatic N) is 4. The lowest BCUT2D eigenvalue weighted by atomic mass is 9.87. The first-order valence-electron chi connectivity index (χ1n) is 27.1. The van der Waals surface area contributed by atoms with Crippen LogP contribution in [0.2, 0.25) is 0 Å². The second-order valence-corrected chi connectivity index (χ2v) is 20.7. The number of Topliss-reactive ketones (excluding diaryl/α,β-unsaturated/α-hetero) is 1. The second kappa shape index (κ2) is 30.8. The Balaban J connectivity index is 1.40. The van der Waals surface area contributed by atoms with Crippen LogP contribution in [0, 0.1) is 11.2 Å². The van der Waals surface area contributed by atoms with Gasteiger partial charge in [0, 0.05) is 59.2 Å². The highest BCUT2D eigenvalue weighted by Gasteiger charge is 2.43. The largest absolute Gasteiger partial charge is 0.508 e. The monoisotopic (exact) mass is 1150 g/mol. The number of piperidine rings is 1. The summed E-state index contributed by atoms with van der Waals surface area (Å²) in [4.78, 5) is 127. The first-order valence-corrected chi connectivity index (χ1v) is 27.1. The fourth-order valence-corrected chi connectivity index (χ4v) is 9.02. The summed E-state index contributed by atoms with van der Waals surface area (Å²) in [5.41, 5.74) is 0.577. The number of aryl methyl sites for hydroxylation is 1. The van der Waals surface area contributed by atoms with Crippen molar-refractivity contribution < 1.29 is 76.3 Å². The Morgan fingerprint density at radius 1 is 0.831 bits per heavy atom. The lowest BCUT2D eigenvalue weighted by Crippen LogP contribution is -2.56. The summed E-state index contributed by atoms with van der Waals surface area (Å²) < 4.78 is 44.0. The third-order valence-corrected chi connectivity index (χ3v) is 14.1. The number of methoxy groups -OCH3 is 2. The molecule has 21 nitrogen and oxygen atoms in total. The number of esters is 2. The minimum absolute atomic E-state index is 0.0119. The summed E-state index contributed by atoms with van der Waals surface area (Å²) >= 11 is 0. The van der Waals surface area contributed by atoms with Crippen molar-refractivity contribution in [1.82, 2.24) is 30.2 Å². The van der Waals surface area contributed by atoms with E-state index < -0.39 is 102 Å². The lowest BCUT2D eigenvalue weighted by Gasteiger charge is -2.36. The molecule has 4 atom stereocenters. The number of ketones is 1. The van der Waals surface area contributed by atoms with Gasteiger partial charge in [0.1, 0.15) is 48.2 Å². The van der Waals surface area contributed by atoms with Crippen LogP contribution < -0.4 is 24.8 Å². The van der Waals surface area contributed by atoms with Crippen molar-refractivity contribution in [3.05, 3.63) is 132 Å². The fraction of sp³-hybridized carbons (Fsp3) is 0.426. The van der Waals surface area contributed by atoms with Crippen LogP contribution in [-0.4, -0.2) is 171 Å². The van der Waals surface area contributed by atoms with E-state index >= 15 is 4.39 Å². The van der Waals surface area contributed by atoms with Crippen LogP contribution >= 0.6 is 0 Å². The number of benzene rings is 4. The van der Waals surface area contributed by atoms with E-state index in [4.69, 9.17) is 23.7 Å². The highest BCUT2D eigenvalue weighted by atomic mass is 19.1. The molecule has 4 aromatic carbocycles. The molecule has 6 amide bonds. The van der Waals surface area contributed by atoms with Gasteiger partial charge in [-0.25, -0.2) is 14.0 Å². The van der Waals surface area contributed by atoms with E-state index in [0.717, 1.165) is 38.5 Å². The van der Waals surface area contributed by atoms with Crippen molar-refractivity contribution in [2.45, 2.75) is 89.9 Å². The molecule has 1 saturated heterocycles.